The van der Waals surface area contributed by atoms with Crippen molar-refractivity contribution in [3.63, 3.8) is 0 Å². The number of hydrogen-bond donors (Lipinski definition) is 1. The summed E-state index contributed by atoms with van der Waals surface area (Å²) in [6.45, 7) is 0.675. The Morgan fingerprint density at radius 2 is 1.85 bits per heavy atom. The number of nitrogens with zero attached hydrogens (tertiary/aromatic N) is 5. The highest BCUT2D eigenvalue weighted by Gasteiger charge is 2.39. The van der Waals surface area contributed by atoms with Crippen molar-refractivity contribution in [3.05, 3.63) is 86.9 Å². The standard InChI is InChI=1S/C22H19ClF3N5O3/c1-13-4-2-3-5-15(13)10-18-27-19(34-29-18)12-31-21(33)30(11-17(32)22(24,25)26)20(28-31)14-6-8-16(23)9-7-14/h2-9,17,32H,10-12H2,1H3. The zero-order valence-electron chi connectivity index (χ0n) is 17.8. The molecular formula is C22H19ClF3N5O3. The van der Waals surface area contributed by atoms with Gasteiger partial charge in [0.15, 0.2) is 17.8 Å². The van der Waals surface area contributed by atoms with Crippen molar-refractivity contribution in [2.45, 2.75) is 38.7 Å². The van der Waals surface area contributed by atoms with E-state index in [0.29, 0.717) is 22.8 Å². The maximum Gasteiger partial charge on any atom is 0.416 e. The highest BCUT2D eigenvalue weighted by atomic mass is 35.5. The molecule has 0 bridgehead atoms. The summed E-state index contributed by atoms with van der Waals surface area (Å²) >= 11 is 5.89. The average Bonchev–Trinajstić information content (AvgIpc) is 3.35. The quantitative estimate of drug-likeness (QED) is 0.422. The predicted molar refractivity (Wildman–Crippen MR) is 116 cm³/mol. The van der Waals surface area contributed by atoms with E-state index >= 15 is 0 Å². The van der Waals surface area contributed by atoms with E-state index in [1.807, 2.05) is 31.2 Å². The van der Waals surface area contributed by atoms with Gasteiger partial charge in [-0.3, -0.25) is 4.57 Å². The van der Waals surface area contributed by atoms with Crippen LogP contribution in [0, 0.1) is 6.92 Å². The van der Waals surface area contributed by atoms with E-state index < -0.39 is 24.5 Å². The Hall–Kier alpha value is -3.44. The third-order valence-corrected chi connectivity index (χ3v) is 5.42. The van der Waals surface area contributed by atoms with Gasteiger partial charge in [0.05, 0.1) is 6.54 Å². The Morgan fingerprint density at radius 3 is 2.53 bits per heavy atom. The first kappa shape index (κ1) is 23.7. The molecule has 0 spiro atoms. The summed E-state index contributed by atoms with van der Waals surface area (Å²) in [4.78, 5) is 17.2. The summed E-state index contributed by atoms with van der Waals surface area (Å²) in [5.74, 6) is 0.390. The first-order valence-corrected chi connectivity index (χ1v) is 10.5. The number of halogens is 4. The molecule has 2 aromatic carbocycles. The van der Waals surface area contributed by atoms with Gasteiger partial charge in [-0.15, -0.1) is 5.10 Å². The van der Waals surface area contributed by atoms with Crippen LogP contribution < -0.4 is 5.69 Å². The summed E-state index contributed by atoms with van der Waals surface area (Å²) in [6, 6.07) is 13.7. The smallest absolute Gasteiger partial charge is 0.382 e. The van der Waals surface area contributed by atoms with Gasteiger partial charge in [0, 0.05) is 17.0 Å². The minimum atomic E-state index is -4.91. The topological polar surface area (TPSA) is 99.0 Å². The van der Waals surface area contributed by atoms with Crippen LogP contribution in [-0.4, -0.2) is 41.9 Å². The van der Waals surface area contributed by atoms with Crippen molar-refractivity contribution in [2.24, 2.45) is 0 Å². The van der Waals surface area contributed by atoms with E-state index in [1.165, 1.54) is 24.3 Å². The molecule has 0 amide bonds. The highest BCUT2D eigenvalue weighted by Crippen LogP contribution is 2.24. The molecule has 0 saturated heterocycles. The van der Waals surface area contributed by atoms with Crippen molar-refractivity contribution in [1.82, 2.24) is 24.5 Å². The monoisotopic (exact) mass is 493 g/mol. The fourth-order valence-corrected chi connectivity index (χ4v) is 3.46. The van der Waals surface area contributed by atoms with Crippen LogP contribution in [0.2, 0.25) is 5.02 Å². The van der Waals surface area contributed by atoms with Gasteiger partial charge in [-0.1, -0.05) is 41.0 Å². The molecule has 0 fully saturated rings. The summed E-state index contributed by atoms with van der Waals surface area (Å²) in [6.07, 6.45) is -7.25. The molecule has 4 aromatic rings. The lowest BCUT2D eigenvalue weighted by Gasteiger charge is -2.15. The lowest BCUT2D eigenvalue weighted by Crippen LogP contribution is -2.37. The second-order valence-electron chi connectivity index (χ2n) is 7.65. The molecule has 0 radical (unpaired) electrons. The maximum atomic E-state index is 13.0. The van der Waals surface area contributed by atoms with Crippen LogP contribution in [0.4, 0.5) is 13.2 Å². The Kier molecular flexibility index (Phi) is 6.58. The van der Waals surface area contributed by atoms with Gasteiger partial charge < -0.3 is 9.63 Å². The fourth-order valence-electron chi connectivity index (χ4n) is 3.33. The molecule has 0 aliphatic rings. The van der Waals surface area contributed by atoms with Crippen LogP contribution >= 0.6 is 11.6 Å². The van der Waals surface area contributed by atoms with Crippen LogP contribution in [0.3, 0.4) is 0 Å². The van der Waals surface area contributed by atoms with Crippen LogP contribution in [0.5, 0.6) is 0 Å². The van der Waals surface area contributed by atoms with Gasteiger partial charge in [-0.25, -0.2) is 9.48 Å². The van der Waals surface area contributed by atoms with Crippen molar-refractivity contribution >= 4 is 11.6 Å². The Bertz CT molecular complexity index is 1350. The Balaban J connectivity index is 1.64. The van der Waals surface area contributed by atoms with Crippen LogP contribution in [0.25, 0.3) is 11.4 Å². The van der Waals surface area contributed by atoms with Gasteiger partial charge in [-0.05, 0) is 42.3 Å². The van der Waals surface area contributed by atoms with Crippen molar-refractivity contribution in [2.75, 3.05) is 0 Å². The lowest BCUT2D eigenvalue weighted by molar-refractivity contribution is -0.207. The SMILES string of the molecule is Cc1ccccc1Cc1noc(Cn2nc(-c3ccc(Cl)cc3)n(CC(O)C(F)(F)F)c2=O)n1. The van der Waals surface area contributed by atoms with Crippen LogP contribution in [0.15, 0.2) is 57.8 Å². The number of aromatic nitrogens is 5. The van der Waals surface area contributed by atoms with Gasteiger partial charge in [0.25, 0.3) is 0 Å². The summed E-state index contributed by atoms with van der Waals surface area (Å²) in [7, 11) is 0. The van der Waals surface area contributed by atoms with E-state index in [2.05, 4.69) is 15.2 Å². The van der Waals surface area contributed by atoms with Crippen LogP contribution in [-0.2, 0) is 19.5 Å². The number of aryl methyl sites for hydroxylation is 1. The summed E-state index contributed by atoms with van der Waals surface area (Å²) in [5, 5.41) is 18.0. The second-order valence-corrected chi connectivity index (χ2v) is 8.08. The zero-order valence-corrected chi connectivity index (χ0v) is 18.6. The fraction of sp³-hybridized carbons (Fsp3) is 0.273. The number of aliphatic hydroxyl groups excluding tert-OH is 1. The molecule has 2 aromatic heterocycles. The predicted octanol–water partition coefficient (Wildman–Crippen LogP) is 3.62. The van der Waals surface area contributed by atoms with Gasteiger partial charge in [0.1, 0.15) is 6.54 Å². The average molecular weight is 494 g/mol. The van der Waals surface area contributed by atoms with Crippen molar-refractivity contribution in [3.8, 4) is 11.4 Å². The normalized spacial score (nSPS) is 12.8. The second kappa shape index (κ2) is 9.43. The van der Waals surface area contributed by atoms with E-state index in [-0.39, 0.29) is 18.3 Å². The molecule has 4 rings (SSSR count). The van der Waals surface area contributed by atoms with E-state index in [9.17, 15) is 23.1 Å². The number of hydrogen-bond acceptors (Lipinski definition) is 6. The first-order valence-electron chi connectivity index (χ1n) is 10.2. The molecule has 0 aliphatic heterocycles. The van der Waals surface area contributed by atoms with Gasteiger partial charge in [-0.2, -0.15) is 18.2 Å². The number of rotatable bonds is 7. The molecule has 2 heterocycles. The molecule has 12 heteroatoms. The molecular weight excluding hydrogens is 475 g/mol. The number of aliphatic hydroxyl groups is 1. The maximum absolute atomic E-state index is 13.0. The molecule has 1 unspecified atom stereocenters. The molecule has 0 aliphatic carbocycles. The minimum absolute atomic E-state index is 0.0642. The lowest BCUT2D eigenvalue weighted by atomic mass is 10.1. The molecule has 178 valence electrons. The summed E-state index contributed by atoms with van der Waals surface area (Å²) < 4.78 is 45.8. The summed E-state index contributed by atoms with van der Waals surface area (Å²) in [5.41, 5.74) is 1.54. The molecule has 1 atom stereocenters. The molecule has 1 N–H and O–H groups in total. The van der Waals surface area contributed by atoms with E-state index in [1.54, 1.807) is 0 Å². The number of benzene rings is 2. The Morgan fingerprint density at radius 1 is 1.15 bits per heavy atom. The van der Waals surface area contributed by atoms with Gasteiger partial charge in [0.2, 0.25) is 5.89 Å². The third-order valence-electron chi connectivity index (χ3n) is 5.16. The largest absolute Gasteiger partial charge is 0.416 e. The first-order chi connectivity index (χ1) is 16.1. The molecule has 34 heavy (non-hydrogen) atoms. The Labute approximate surface area is 196 Å². The van der Waals surface area contributed by atoms with E-state index in [0.717, 1.165) is 20.4 Å². The van der Waals surface area contributed by atoms with Gasteiger partial charge >= 0.3 is 11.9 Å². The van der Waals surface area contributed by atoms with Crippen LogP contribution in [0.1, 0.15) is 22.8 Å². The minimum Gasteiger partial charge on any atom is -0.382 e. The van der Waals surface area contributed by atoms with Crippen molar-refractivity contribution < 1.29 is 22.8 Å². The third kappa shape index (κ3) is 5.20. The molecule has 0 saturated carbocycles. The van der Waals surface area contributed by atoms with E-state index in [4.69, 9.17) is 16.1 Å². The van der Waals surface area contributed by atoms with Crippen molar-refractivity contribution in [1.29, 1.82) is 0 Å². The molecule has 8 nitrogen and oxygen atoms in total. The zero-order chi connectivity index (χ0) is 24.5. The highest BCUT2D eigenvalue weighted by molar-refractivity contribution is 6.30. The number of alkyl halides is 3.